The van der Waals surface area contributed by atoms with Crippen molar-refractivity contribution in [2.24, 2.45) is 0 Å². The van der Waals surface area contributed by atoms with Crippen LogP contribution in [0.4, 0.5) is 11.6 Å². The first-order valence-electron chi connectivity index (χ1n) is 7.00. The summed E-state index contributed by atoms with van der Waals surface area (Å²) in [4.78, 5) is 30.1. The Morgan fingerprint density at radius 1 is 1.27 bits per heavy atom. The van der Waals surface area contributed by atoms with Gasteiger partial charge in [0.1, 0.15) is 30.1 Å². The zero-order valence-electron chi connectivity index (χ0n) is 12.6. The van der Waals surface area contributed by atoms with Gasteiger partial charge < -0.3 is 14.7 Å². The molecule has 0 aromatic carbocycles. The van der Waals surface area contributed by atoms with Gasteiger partial charge >= 0.3 is 0 Å². The van der Waals surface area contributed by atoms with E-state index in [-0.39, 0.29) is 5.91 Å². The second kappa shape index (κ2) is 5.96. The molecule has 1 amide bonds. The van der Waals surface area contributed by atoms with Gasteiger partial charge in [0.2, 0.25) is 5.91 Å². The van der Waals surface area contributed by atoms with Gasteiger partial charge in [0, 0.05) is 33.3 Å². The van der Waals surface area contributed by atoms with Gasteiger partial charge in [0.15, 0.2) is 0 Å². The van der Waals surface area contributed by atoms with Crippen LogP contribution < -0.4 is 9.80 Å². The van der Waals surface area contributed by atoms with Crippen molar-refractivity contribution in [3.63, 3.8) is 0 Å². The number of hydrogen-bond donors (Lipinski definition) is 1. The molecule has 9 nitrogen and oxygen atoms in total. The van der Waals surface area contributed by atoms with Gasteiger partial charge in [0.05, 0.1) is 13.1 Å². The number of rotatable bonds is 4. The quantitative estimate of drug-likeness (QED) is 0.814. The topological polar surface area (TPSA) is 94.1 Å². The van der Waals surface area contributed by atoms with E-state index in [4.69, 9.17) is 0 Å². The van der Waals surface area contributed by atoms with Gasteiger partial charge in [-0.15, -0.1) is 0 Å². The normalized spacial score (nSPS) is 15.3. The van der Waals surface area contributed by atoms with Crippen molar-refractivity contribution in [1.82, 2.24) is 30.0 Å². The maximum absolute atomic E-state index is 11.8. The smallest absolute Gasteiger partial charge is 0.241 e. The number of anilines is 2. The molecule has 0 radical (unpaired) electrons. The number of aromatic amines is 1. The molecule has 116 valence electrons. The van der Waals surface area contributed by atoms with Crippen LogP contribution in [-0.4, -0.2) is 69.7 Å². The van der Waals surface area contributed by atoms with Crippen molar-refractivity contribution in [2.45, 2.75) is 6.54 Å². The van der Waals surface area contributed by atoms with Crippen LogP contribution in [0.2, 0.25) is 0 Å². The highest BCUT2D eigenvalue weighted by Crippen LogP contribution is 2.19. The highest BCUT2D eigenvalue weighted by Gasteiger charge is 2.22. The van der Waals surface area contributed by atoms with Gasteiger partial charge in [-0.1, -0.05) is 0 Å². The van der Waals surface area contributed by atoms with E-state index in [1.165, 1.54) is 12.7 Å². The highest BCUT2D eigenvalue weighted by molar-refractivity contribution is 5.82. The lowest BCUT2D eigenvalue weighted by molar-refractivity contribution is -0.129. The molecule has 1 N–H and O–H groups in total. The third-order valence-corrected chi connectivity index (χ3v) is 3.66. The van der Waals surface area contributed by atoms with Crippen LogP contribution in [0.15, 0.2) is 18.7 Å². The number of H-pyrrole nitrogens is 1. The molecular formula is C13H18N8O. The minimum Gasteiger partial charge on any atom is -0.352 e. The number of amides is 1. The van der Waals surface area contributed by atoms with E-state index >= 15 is 0 Å². The Balaban J connectivity index is 1.73. The third kappa shape index (κ3) is 2.97. The number of aromatic nitrogens is 5. The van der Waals surface area contributed by atoms with Crippen molar-refractivity contribution in [3.8, 4) is 0 Å². The number of hydrogen-bond acceptors (Lipinski definition) is 7. The second-order valence-electron chi connectivity index (χ2n) is 5.26. The fraction of sp³-hybridized carbons (Fsp3) is 0.462. The molecule has 0 atom stereocenters. The van der Waals surface area contributed by atoms with E-state index in [1.54, 1.807) is 4.90 Å². The molecule has 0 unspecified atom stereocenters. The van der Waals surface area contributed by atoms with Crippen LogP contribution in [0, 0.1) is 0 Å². The minimum absolute atomic E-state index is 0.0985. The Kier molecular flexibility index (Phi) is 3.86. The second-order valence-corrected chi connectivity index (χ2v) is 5.26. The summed E-state index contributed by atoms with van der Waals surface area (Å²) in [5.74, 6) is 2.39. The first kappa shape index (κ1) is 14.2. The molecule has 9 heteroatoms. The van der Waals surface area contributed by atoms with Crippen LogP contribution in [0.5, 0.6) is 0 Å². The number of nitrogens with one attached hydrogen (secondary N) is 1. The maximum Gasteiger partial charge on any atom is 0.241 e. The maximum atomic E-state index is 11.8. The summed E-state index contributed by atoms with van der Waals surface area (Å²) >= 11 is 0. The third-order valence-electron chi connectivity index (χ3n) is 3.66. The molecule has 22 heavy (non-hydrogen) atoms. The van der Waals surface area contributed by atoms with Crippen molar-refractivity contribution in [3.05, 3.63) is 24.5 Å². The standard InChI is InChI=1S/C13H18N8O/c1-19-3-4-21(7-13(19)22)12-5-11(15-8-16-12)20(2)6-10-14-9-17-18-10/h5,8-9H,3-4,6-7H2,1-2H3,(H,14,17,18). The summed E-state index contributed by atoms with van der Waals surface area (Å²) in [7, 11) is 3.74. The zero-order valence-corrected chi connectivity index (χ0v) is 12.6. The predicted octanol–water partition coefficient (Wildman–Crippen LogP) is -0.490. The fourth-order valence-corrected chi connectivity index (χ4v) is 2.29. The van der Waals surface area contributed by atoms with Gasteiger partial charge in [-0.3, -0.25) is 9.89 Å². The average Bonchev–Trinajstić information content (AvgIpc) is 3.03. The lowest BCUT2D eigenvalue weighted by Crippen LogP contribution is -2.48. The van der Waals surface area contributed by atoms with E-state index in [1.807, 2.05) is 30.0 Å². The molecule has 1 fully saturated rings. The Morgan fingerprint density at radius 2 is 2.14 bits per heavy atom. The van der Waals surface area contributed by atoms with Gasteiger partial charge in [0.25, 0.3) is 0 Å². The van der Waals surface area contributed by atoms with Crippen molar-refractivity contribution >= 4 is 17.5 Å². The van der Waals surface area contributed by atoms with Crippen molar-refractivity contribution in [2.75, 3.05) is 43.5 Å². The lowest BCUT2D eigenvalue weighted by Gasteiger charge is -2.33. The highest BCUT2D eigenvalue weighted by atomic mass is 16.2. The van der Waals surface area contributed by atoms with Crippen molar-refractivity contribution < 1.29 is 4.79 Å². The molecule has 0 aliphatic carbocycles. The summed E-state index contributed by atoms with van der Waals surface area (Å²) in [6.45, 7) is 2.38. The number of nitrogens with zero attached hydrogens (tertiary/aromatic N) is 7. The fourth-order valence-electron chi connectivity index (χ4n) is 2.29. The minimum atomic E-state index is 0.0985. The summed E-state index contributed by atoms with van der Waals surface area (Å²) in [5.41, 5.74) is 0. The molecule has 1 aliphatic rings. The number of carbonyl (C=O) groups excluding carboxylic acids is 1. The van der Waals surface area contributed by atoms with Gasteiger partial charge in [-0.05, 0) is 0 Å². The molecule has 1 saturated heterocycles. The van der Waals surface area contributed by atoms with E-state index in [2.05, 4.69) is 25.1 Å². The van der Waals surface area contributed by atoms with Crippen LogP contribution in [-0.2, 0) is 11.3 Å². The number of carbonyl (C=O) groups is 1. The summed E-state index contributed by atoms with van der Waals surface area (Å²) in [5, 5.41) is 6.65. The molecule has 1 aliphatic heterocycles. The summed E-state index contributed by atoms with van der Waals surface area (Å²) in [6, 6.07) is 1.88. The SMILES string of the molecule is CN1CCN(c2cc(N(C)Cc3ncn[nH]3)ncn2)CC1=O. The van der Waals surface area contributed by atoms with Crippen LogP contribution in [0.25, 0.3) is 0 Å². The van der Waals surface area contributed by atoms with Crippen molar-refractivity contribution in [1.29, 1.82) is 0 Å². The first-order valence-corrected chi connectivity index (χ1v) is 7.00. The number of piperazine rings is 1. The molecule has 2 aromatic heterocycles. The van der Waals surface area contributed by atoms with Gasteiger partial charge in [-0.2, -0.15) is 5.10 Å². The Hall–Kier alpha value is -2.71. The predicted molar refractivity (Wildman–Crippen MR) is 80.4 cm³/mol. The Bertz CT molecular complexity index is 643. The van der Waals surface area contributed by atoms with E-state index in [9.17, 15) is 4.79 Å². The van der Waals surface area contributed by atoms with Gasteiger partial charge in [-0.25, -0.2) is 15.0 Å². The average molecular weight is 302 g/mol. The van der Waals surface area contributed by atoms with Crippen LogP contribution in [0.1, 0.15) is 5.82 Å². The first-order chi connectivity index (χ1) is 10.6. The molecule has 3 heterocycles. The summed E-state index contributed by atoms with van der Waals surface area (Å²) < 4.78 is 0. The molecular weight excluding hydrogens is 284 g/mol. The van der Waals surface area contributed by atoms with E-state index < -0.39 is 0 Å². The molecule has 3 rings (SSSR count). The van der Waals surface area contributed by atoms with Crippen LogP contribution >= 0.6 is 0 Å². The Labute approximate surface area is 128 Å². The molecule has 0 bridgehead atoms. The Morgan fingerprint density at radius 3 is 2.86 bits per heavy atom. The monoisotopic (exact) mass is 302 g/mol. The molecule has 2 aromatic rings. The lowest BCUT2D eigenvalue weighted by atomic mass is 10.3. The zero-order chi connectivity index (χ0) is 15.5. The summed E-state index contributed by atoms with van der Waals surface area (Å²) in [6.07, 6.45) is 2.99. The van der Waals surface area contributed by atoms with E-state index in [0.29, 0.717) is 19.6 Å². The van der Waals surface area contributed by atoms with E-state index in [0.717, 1.165) is 24.0 Å². The largest absolute Gasteiger partial charge is 0.352 e. The molecule has 0 saturated carbocycles. The van der Waals surface area contributed by atoms with Crippen LogP contribution in [0.3, 0.4) is 0 Å². The molecule has 0 spiro atoms. The number of likely N-dealkylation sites (N-methyl/N-ethyl adjacent to an activating group) is 1.